The van der Waals surface area contributed by atoms with Gasteiger partial charge in [-0.2, -0.15) is 5.26 Å². The molecule has 1 aromatic carbocycles. The summed E-state index contributed by atoms with van der Waals surface area (Å²) in [6.07, 6.45) is 5.88. The molecule has 1 aromatic heterocycles. The largest absolute Gasteiger partial charge is 0.339 e. The normalized spacial score (nSPS) is 15.1. The first kappa shape index (κ1) is 17.6. The van der Waals surface area contributed by atoms with E-state index in [0.29, 0.717) is 17.2 Å². The molecule has 0 N–H and O–H groups in total. The molecule has 0 radical (unpaired) electrons. The summed E-state index contributed by atoms with van der Waals surface area (Å²) in [6, 6.07) is 9.71. The highest BCUT2D eigenvalue weighted by Gasteiger charge is 2.25. The molecule has 3 rings (SSSR count). The average molecular weight is 354 g/mol. The van der Waals surface area contributed by atoms with Gasteiger partial charge in [-0.3, -0.25) is 4.79 Å². The summed E-state index contributed by atoms with van der Waals surface area (Å²) in [5.41, 5.74) is 0.714. The first-order valence-electron chi connectivity index (χ1n) is 8.55. The Balaban J connectivity index is 1.60. The van der Waals surface area contributed by atoms with Gasteiger partial charge in [-0.15, -0.1) is 11.8 Å². The van der Waals surface area contributed by atoms with Gasteiger partial charge in [0.25, 0.3) is 5.91 Å². The first-order chi connectivity index (χ1) is 12.2. The number of aryl methyl sites for hydroxylation is 1. The predicted molar refractivity (Wildman–Crippen MR) is 98.4 cm³/mol. The number of piperidine rings is 1. The van der Waals surface area contributed by atoms with Crippen LogP contribution in [0.1, 0.15) is 29.0 Å². The highest BCUT2D eigenvalue weighted by molar-refractivity contribution is 7.99. The van der Waals surface area contributed by atoms with E-state index in [1.165, 1.54) is 11.8 Å². The molecule has 0 bridgehead atoms. The molecule has 6 heteroatoms. The van der Waals surface area contributed by atoms with Crippen molar-refractivity contribution >= 4 is 17.7 Å². The van der Waals surface area contributed by atoms with Gasteiger partial charge in [0.05, 0.1) is 17.4 Å². The SMILES string of the molecule is Cc1nccn1CC1CCN(C(=O)c2ccccc2SCC#N)CC1. The number of hydrogen-bond acceptors (Lipinski definition) is 4. The quantitative estimate of drug-likeness (QED) is 0.773. The van der Waals surface area contributed by atoms with E-state index in [4.69, 9.17) is 5.26 Å². The highest BCUT2D eigenvalue weighted by atomic mass is 32.2. The zero-order valence-corrected chi connectivity index (χ0v) is 15.2. The lowest BCUT2D eigenvalue weighted by Crippen LogP contribution is -2.39. The van der Waals surface area contributed by atoms with Crippen molar-refractivity contribution in [2.75, 3.05) is 18.8 Å². The van der Waals surface area contributed by atoms with Crippen molar-refractivity contribution in [1.29, 1.82) is 5.26 Å². The lowest BCUT2D eigenvalue weighted by Gasteiger charge is -2.32. The van der Waals surface area contributed by atoms with E-state index in [-0.39, 0.29) is 5.91 Å². The molecule has 5 nitrogen and oxygen atoms in total. The molecule has 0 saturated carbocycles. The standard InChI is InChI=1S/C19H22N4OS/c1-15-21-9-12-23(15)14-16-6-10-22(11-7-16)19(24)17-4-2-3-5-18(17)25-13-8-20/h2-5,9,12,16H,6-7,10-11,13-14H2,1H3. The van der Waals surface area contributed by atoms with Gasteiger partial charge in [-0.1, -0.05) is 12.1 Å². The van der Waals surface area contributed by atoms with Crippen LogP contribution in [0.5, 0.6) is 0 Å². The van der Waals surface area contributed by atoms with Crippen molar-refractivity contribution in [3.05, 3.63) is 48.0 Å². The van der Waals surface area contributed by atoms with Crippen LogP contribution in [-0.2, 0) is 6.54 Å². The molecule has 0 atom stereocenters. The van der Waals surface area contributed by atoms with E-state index in [2.05, 4.69) is 15.6 Å². The third-order valence-electron chi connectivity index (χ3n) is 4.69. The lowest BCUT2D eigenvalue weighted by molar-refractivity contribution is 0.0679. The van der Waals surface area contributed by atoms with Gasteiger partial charge in [-0.05, 0) is 37.8 Å². The van der Waals surface area contributed by atoms with E-state index in [1.54, 1.807) is 0 Å². The number of nitriles is 1. The Morgan fingerprint density at radius 2 is 2.12 bits per heavy atom. The molecule has 2 heterocycles. The Kier molecular flexibility index (Phi) is 5.77. The number of nitrogens with zero attached hydrogens (tertiary/aromatic N) is 4. The van der Waals surface area contributed by atoms with Crippen molar-refractivity contribution in [3.63, 3.8) is 0 Å². The number of carbonyl (C=O) groups excluding carboxylic acids is 1. The molecule has 25 heavy (non-hydrogen) atoms. The summed E-state index contributed by atoms with van der Waals surface area (Å²) in [7, 11) is 0. The predicted octanol–water partition coefficient (Wildman–Crippen LogP) is 3.36. The minimum atomic E-state index is 0.0818. The fourth-order valence-electron chi connectivity index (χ4n) is 3.24. The smallest absolute Gasteiger partial charge is 0.254 e. The number of rotatable bonds is 5. The second kappa shape index (κ2) is 8.21. The van der Waals surface area contributed by atoms with Crippen molar-refractivity contribution in [2.24, 2.45) is 5.92 Å². The topological polar surface area (TPSA) is 61.9 Å². The summed E-state index contributed by atoms with van der Waals surface area (Å²) in [5.74, 6) is 2.07. The van der Waals surface area contributed by atoms with Crippen LogP contribution in [0.15, 0.2) is 41.6 Å². The molecule has 1 saturated heterocycles. The minimum Gasteiger partial charge on any atom is -0.339 e. The summed E-state index contributed by atoms with van der Waals surface area (Å²) in [6.45, 7) is 4.57. The van der Waals surface area contributed by atoms with E-state index in [9.17, 15) is 4.79 Å². The molecule has 1 aliphatic heterocycles. The van der Waals surface area contributed by atoms with Crippen molar-refractivity contribution in [1.82, 2.24) is 14.5 Å². The number of hydrogen-bond donors (Lipinski definition) is 0. The van der Waals surface area contributed by atoms with Crippen molar-refractivity contribution in [3.8, 4) is 6.07 Å². The van der Waals surface area contributed by atoms with Gasteiger partial charge in [0.15, 0.2) is 0 Å². The summed E-state index contributed by atoms with van der Waals surface area (Å²) in [5, 5.41) is 8.79. The second-order valence-electron chi connectivity index (χ2n) is 6.31. The molecule has 0 unspecified atom stereocenters. The van der Waals surface area contributed by atoms with Crippen LogP contribution in [0.3, 0.4) is 0 Å². The summed E-state index contributed by atoms with van der Waals surface area (Å²) >= 11 is 1.43. The monoisotopic (exact) mass is 354 g/mol. The van der Waals surface area contributed by atoms with Crippen molar-refractivity contribution < 1.29 is 4.79 Å². The van der Waals surface area contributed by atoms with Crippen LogP contribution >= 0.6 is 11.8 Å². The van der Waals surface area contributed by atoms with Crippen LogP contribution in [0, 0.1) is 24.2 Å². The van der Waals surface area contributed by atoms with Gasteiger partial charge in [-0.25, -0.2) is 4.98 Å². The van der Waals surface area contributed by atoms with Gasteiger partial charge < -0.3 is 9.47 Å². The highest BCUT2D eigenvalue weighted by Crippen LogP contribution is 2.26. The van der Waals surface area contributed by atoms with E-state index in [0.717, 1.165) is 43.2 Å². The van der Waals surface area contributed by atoms with Crippen molar-refractivity contribution in [2.45, 2.75) is 31.2 Å². The van der Waals surface area contributed by atoms with Gasteiger partial charge in [0.1, 0.15) is 5.82 Å². The molecular weight excluding hydrogens is 332 g/mol. The minimum absolute atomic E-state index is 0.0818. The maximum absolute atomic E-state index is 12.9. The molecule has 0 spiro atoms. The third kappa shape index (κ3) is 4.23. The molecule has 130 valence electrons. The Morgan fingerprint density at radius 3 is 2.80 bits per heavy atom. The van der Waals surface area contributed by atoms with E-state index < -0.39 is 0 Å². The van der Waals surface area contributed by atoms with E-state index in [1.807, 2.05) is 48.5 Å². The van der Waals surface area contributed by atoms with Gasteiger partial charge in [0.2, 0.25) is 0 Å². The van der Waals surface area contributed by atoms with Gasteiger partial charge >= 0.3 is 0 Å². The Morgan fingerprint density at radius 1 is 1.36 bits per heavy atom. The number of likely N-dealkylation sites (tertiary alicyclic amines) is 1. The average Bonchev–Trinajstić information content (AvgIpc) is 3.05. The number of carbonyl (C=O) groups is 1. The fourth-order valence-corrected chi connectivity index (χ4v) is 3.95. The Bertz CT molecular complexity index is 772. The van der Waals surface area contributed by atoms with Crippen LogP contribution in [-0.4, -0.2) is 39.2 Å². The molecular formula is C19H22N4OS. The zero-order chi connectivity index (χ0) is 17.6. The van der Waals surface area contributed by atoms with E-state index >= 15 is 0 Å². The lowest BCUT2D eigenvalue weighted by atomic mass is 9.96. The number of imidazole rings is 1. The molecule has 2 aromatic rings. The second-order valence-corrected chi connectivity index (χ2v) is 7.32. The summed E-state index contributed by atoms with van der Waals surface area (Å²) < 4.78 is 2.19. The first-order valence-corrected chi connectivity index (χ1v) is 9.53. The van der Waals surface area contributed by atoms with Crippen LogP contribution < -0.4 is 0 Å². The molecule has 0 aliphatic carbocycles. The molecule has 1 amide bonds. The van der Waals surface area contributed by atoms with Crippen LogP contribution in [0.25, 0.3) is 0 Å². The van der Waals surface area contributed by atoms with Crippen LogP contribution in [0.2, 0.25) is 0 Å². The van der Waals surface area contributed by atoms with Crippen LogP contribution in [0.4, 0.5) is 0 Å². The zero-order valence-electron chi connectivity index (χ0n) is 14.4. The Hall–Kier alpha value is -2.26. The number of thioether (sulfide) groups is 1. The Labute approximate surface area is 152 Å². The summed E-state index contributed by atoms with van der Waals surface area (Å²) in [4.78, 5) is 20.0. The fraction of sp³-hybridized carbons (Fsp3) is 0.421. The third-order valence-corrected chi connectivity index (χ3v) is 5.63. The maximum Gasteiger partial charge on any atom is 0.254 e. The number of benzene rings is 1. The van der Waals surface area contributed by atoms with Gasteiger partial charge in [0, 0.05) is 36.9 Å². The number of aromatic nitrogens is 2. The number of amides is 1. The maximum atomic E-state index is 12.9. The molecule has 1 aliphatic rings. The molecule has 1 fully saturated rings.